The van der Waals surface area contributed by atoms with Crippen LogP contribution in [0.2, 0.25) is 5.04 Å². The average Bonchev–Trinajstić information content (AvgIpc) is 2.62. The fraction of sp³-hybridized carbons (Fsp3) is 0.375. The van der Waals surface area contributed by atoms with E-state index in [0.29, 0.717) is 6.61 Å². The number of nitrogens with one attached hydrogen (secondary N) is 1. The van der Waals surface area contributed by atoms with E-state index < -0.39 is 8.32 Å². The molecule has 1 N–H and O–H groups in total. The normalized spacial score (nSPS) is 13.9. The number of hydrogen-bond donors (Lipinski definition) is 1. The van der Waals surface area contributed by atoms with Crippen molar-refractivity contribution in [1.82, 2.24) is 5.32 Å². The predicted octanol–water partition coefficient (Wildman–Crippen LogP) is 4.03. The number of hydrogen-bond acceptors (Lipinski definition) is 2. The summed E-state index contributed by atoms with van der Waals surface area (Å²) in [4.78, 5) is 11.3. The summed E-state index contributed by atoms with van der Waals surface area (Å²) in [6.07, 6.45) is 2.07. The van der Waals surface area contributed by atoms with E-state index >= 15 is 0 Å². The molecule has 2 rings (SSSR count). The van der Waals surface area contributed by atoms with Crippen LogP contribution < -0.4 is 15.7 Å². The molecule has 2 aromatic carbocycles. The van der Waals surface area contributed by atoms with Crippen molar-refractivity contribution < 1.29 is 9.22 Å². The monoisotopic (exact) mass is 395 g/mol. The van der Waals surface area contributed by atoms with Gasteiger partial charge < -0.3 is 9.74 Å². The Kier molecular flexibility index (Phi) is 7.39. The van der Waals surface area contributed by atoms with E-state index in [1.165, 1.54) is 10.4 Å². The fourth-order valence-electron chi connectivity index (χ4n) is 3.82. The van der Waals surface area contributed by atoms with Gasteiger partial charge in [-0.05, 0) is 29.3 Å². The van der Waals surface area contributed by atoms with Gasteiger partial charge >= 0.3 is 0 Å². The first-order chi connectivity index (χ1) is 13.2. The van der Waals surface area contributed by atoms with Crippen LogP contribution in [0.15, 0.2) is 72.3 Å². The lowest BCUT2D eigenvalue weighted by Crippen LogP contribution is -2.66. The molecule has 3 nitrogen and oxygen atoms in total. The summed E-state index contributed by atoms with van der Waals surface area (Å²) < 4.78 is 6.89. The van der Waals surface area contributed by atoms with Gasteiger partial charge in [0, 0.05) is 13.0 Å². The predicted molar refractivity (Wildman–Crippen MR) is 121 cm³/mol. The van der Waals surface area contributed by atoms with Gasteiger partial charge in [-0.2, -0.15) is 0 Å². The third-order valence-corrected chi connectivity index (χ3v) is 9.88. The van der Waals surface area contributed by atoms with Crippen LogP contribution in [-0.4, -0.2) is 26.9 Å². The Labute approximate surface area is 171 Å². The second kappa shape index (κ2) is 9.35. The number of carbonyl (C=O) groups is 1. The number of benzene rings is 2. The van der Waals surface area contributed by atoms with E-state index in [0.717, 1.165) is 5.57 Å². The number of rotatable bonds is 7. The minimum atomic E-state index is -2.52. The standard InChI is InChI=1S/C24H33NO2Si/c1-19(17-20(2)25-21(3)26)18-27-28(24(4,5)6,22-13-9-7-10-14-22)23-15-11-8-12-16-23/h7-17,20H,18H2,1-6H3,(H,25,26)/b19-17+/t20-/m0/s1. The SMILES string of the molecule is CC(=O)N[C@@H](C)/C=C(\C)CO[Si](c1ccccc1)(c1ccccc1)C(C)(C)C. The molecule has 0 aliphatic rings. The molecule has 0 unspecified atom stereocenters. The molecular formula is C24H33NO2Si. The molecule has 4 heteroatoms. The maximum absolute atomic E-state index is 11.3. The van der Waals surface area contributed by atoms with Crippen molar-refractivity contribution in [3.05, 3.63) is 72.3 Å². The van der Waals surface area contributed by atoms with Crippen molar-refractivity contribution in [2.45, 2.75) is 52.6 Å². The summed E-state index contributed by atoms with van der Waals surface area (Å²) in [5.41, 5.74) is 1.12. The van der Waals surface area contributed by atoms with Gasteiger partial charge in [0.1, 0.15) is 0 Å². The Balaban J connectivity index is 2.45. The minimum Gasteiger partial charge on any atom is -0.403 e. The molecule has 0 aromatic heterocycles. The maximum Gasteiger partial charge on any atom is 0.261 e. The van der Waals surface area contributed by atoms with Crippen LogP contribution in [0.4, 0.5) is 0 Å². The van der Waals surface area contributed by atoms with Crippen molar-refractivity contribution >= 4 is 24.6 Å². The van der Waals surface area contributed by atoms with Crippen molar-refractivity contribution in [3.63, 3.8) is 0 Å². The number of amides is 1. The molecule has 0 heterocycles. The highest BCUT2D eigenvalue weighted by Gasteiger charge is 2.50. The molecule has 0 fully saturated rings. The zero-order valence-corrected chi connectivity index (χ0v) is 19.0. The molecule has 0 aliphatic heterocycles. The lowest BCUT2D eigenvalue weighted by Gasteiger charge is -2.43. The first kappa shape index (κ1) is 22.1. The molecule has 0 saturated carbocycles. The molecule has 0 aliphatic carbocycles. The first-order valence-corrected chi connectivity index (χ1v) is 11.8. The second-order valence-electron chi connectivity index (χ2n) is 8.45. The van der Waals surface area contributed by atoms with Crippen LogP contribution in [0, 0.1) is 0 Å². The van der Waals surface area contributed by atoms with E-state index in [1.54, 1.807) is 6.92 Å². The van der Waals surface area contributed by atoms with Gasteiger partial charge in [0.25, 0.3) is 8.32 Å². The minimum absolute atomic E-state index is 0.0137. The quantitative estimate of drug-likeness (QED) is 0.568. The second-order valence-corrected chi connectivity index (χ2v) is 12.8. The van der Waals surface area contributed by atoms with Gasteiger partial charge in [-0.15, -0.1) is 0 Å². The van der Waals surface area contributed by atoms with Gasteiger partial charge in [-0.1, -0.05) is 93.1 Å². The van der Waals surface area contributed by atoms with Gasteiger partial charge in [0.2, 0.25) is 5.91 Å². The lowest BCUT2D eigenvalue weighted by molar-refractivity contribution is -0.119. The molecule has 2 aromatic rings. The van der Waals surface area contributed by atoms with Crippen LogP contribution in [0.5, 0.6) is 0 Å². The topological polar surface area (TPSA) is 38.3 Å². The van der Waals surface area contributed by atoms with Crippen molar-refractivity contribution in [3.8, 4) is 0 Å². The Morgan fingerprint density at radius 2 is 1.46 bits per heavy atom. The third-order valence-electron chi connectivity index (χ3n) is 4.90. The van der Waals surface area contributed by atoms with Gasteiger partial charge in [0.15, 0.2) is 0 Å². The van der Waals surface area contributed by atoms with E-state index in [9.17, 15) is 4.79 Å². The molecule has 0 bridgehead atoms. The van der Waals surface area contributed by atoms with Crippen LogP contribution in [0.1, 0.15) is 41.5 Å². The lowest BCUT2D eigenvalue weighted by atomic mass is 10.2. The zero-order chi connectivity index (χ0) is 20.8. The molecule has 28 heavy (non-hydrogen) atoms. The van der Waals surface area contributed by atoms with E-state index in [2.05, 4.69) is 99.8 Å². The van der Waals surface area contributed by atoms with Crippen LogP contribution in [-0.2, 0) is 9.22 Å². The fourth-order valence-corrected chi connectivity index (χ4v) is 8.42. The molecule has 150 valence electrons. The smallest absolute Gasteiger partial charge is 0.261 e. The van der Waals surface area contributed by atoms with Gasteiger partial charge in [-0.3, -0.25) is 4.79 Å². The van der Waals surface area contributed by atoms with Gasteiger partial charge in [-0.25, -0.2) is 0 Å². The van der Waals surface area contributed by atoms with Crippen LogP contribution >= 0.6 is 0 Å². The Hall–Kier alpha value is -2.17. The average molecular weight is 396 g/mol. The summed E-state index contributed by atoms with van der Waals surface area (Å²) in [5.74, 6) is -0.0237. The zero-order valence-electron chi connectivity index (χ0n) is 18.0. The Morgan fingerprint density at radius 1 is 1.00 bits per heavy atom. The summed E-state index contributed by atoms with van der Waals surface area (Å²) in [7, 11) is -2.52. The van der Waals surface area contributed by atoms with Crippen molar-refractivity contribution in [1.29, 1.82) is 0 Å². The maximum atomic E-state index is 11.3. The molecule has 1 atom stereocenters. The Morgan fingerprint density at radius 3 is 1.86 bits per heavy atom. The Bertz CT molecular complexity index is 755. The molecule has 0 radical (unpaired) electrons. The highest BCUT2D eigenvalue weighted by atomic mass is 28.4. The largest absolute Gasteiger partial charge is 0.403 e. The third kappa shape index (κ3) is 5.21. The summed E-state index contributed by atoms with van der Waals surface area (Å²) in [6, 6.07) is 21.3. The van der Waals surface area contributed by atoms with Crippen molar-refractivity contribution in [2.24, 2.45) is 0 Å². The van der Waals surface area contributed by atoms with E-state index in [-0.39, 0.29) is 17.0 Å². The summed E-state index contributed by atoms with van der Waals surface area (Å²) in [5, 5.41) is 5.41. The molecular weight excluding hydrogens is 362 g/mol. The molecule has 1 amide bonds. The number of carbonyl (C=O) groups excluding carboxylic acids is 1. The van der Waals surface area contributed by atoms with Crippen LogP contribution in [0.3, 0.4) is 0 Å². The molecule has 0 saturated heterocycles. The first-order valence-electron chi connectivity index (χ1n) is 9.86. The summed E-state index contributed by atoms with van der Waals surface area (Å²) in [6.45, 7) is 13.0. The highest BCUT2D eigenvalue weighted by Crippen LogP contribution is 2.36. The van der Waals surface area contributed by atoms with Crippen LogP contribution in [0.25, 0.3) is 0 Å². The summed E-state index contributed by atoms with van der Waals surface area (Å²) >= 11 is 0. The van der Waals surface area contributed by atoms with E-state index in [1.807, 2.05) is 6.92 Å². The van der Waals surface area contributed by atoms with Gasteiger partial charge in [0.05, 0.1) is 6.61 Å². The van der Waals surface area contributed by atoms with Crippen molar-refractivity contribution in [2.75, 3.05) is 6.61 Å². The van der Waals surface area contributed by atoms with E-state index in [4.69, 9.17) is 4.43 Å². The molecule has 0 spiro atoms. The highest BCUT2D eigenvalue weighted by molar-refractivity contribution is 6.99.